The van der Waals surface area contributed by atoms with Crippen LogP contribution in [0.5, 0.6) is 0 Å². The van der Waals surface area contributed by atoms with E-state index in [1.807, 2.05) is 37.3 Å². The van der Waals surface area contributed by atoms with Crippen molar-refractivity contribution < 1.29 is 14.3 Å². The zero-order valence-corrected chi connectivity index (χ0v) is 14.2. The Morgan fingerprint density at radius 2 is 2.08 bits per heavy atom. The molecule has 2 aromatic carbocycles. The molecule has 0 aliphatic heterocycles. The summed E-state index contributed by atoms with van der Waals surface area (Å²) in [7, 11) is 0. The van der Waals surface area contributed by atoms with E-state index in [2.05, 4.69) is 5.32 Å². The predicted octanol–water partition coefficient (Wildman–Crippen LogP) is 3.72. The molecule has 0 aliphatic rings. The van der Waals surface area contributed by atoms with Crippen molar-refractivity contribution in [1.29, 1.82) is 5.26 Å². The van der Waals surface area contributed by atoms with E-state index in [1.54, 1.807) is 12.1 Å². The fraction of sp³-hybridized carbons (Fsp3) is 0.105. The lowest BCUT2D eigenvalue weighted by Gasteiger charge is -2.06. The molecule has 0 atom stereocenters. The van der Waals surface area contributed by atoms with Crippen LogP contribution in [0.25, 0.3) is 6.08 Å². The number of amides is 1. The van der Waals surface area contributed by atoms with Gasteiger partial charge in [0.15, 0.2) is 6.61 Å². The van der Waals surface area contributed by atoms with Crippen LogP contribution in [-0.4, -0.2) is 18.5 Å². The minimum absolute atomic E-state index is 0.235. The molecule has 0 fully saturated rings. The van der Waals surface area contributed by atoms with E-state index < -0.39 is 18.5 Å². The summed E-state index contributed by atoms with van der Waals surface area (Å²) in [6, 6.07) is 14.0. The van der Waals surface area contributed by atoms with Crippen LogP contribution in [0, 0.1) is 18.3 Å². The standard InChI is InChI=1S/C19H15ClN2O3/c1-13-3-2-4-14(9-13)5-8-19(24)25-12-18(23)22-16-7-6-15(11-21)17(20)10-16/h2-10H,12H2,1H3,(H,22,23)/b8-5+. The van der Waals surface area contributed by atoms with Crippen LogP contribution in [0.2, 0.25) is 5.02 Å². The van der Waals surface area contributed by atoms with E-state index in [1.165, 1.54) is 18.2 Å². The maximum atomic E-state index is 11.8. The summed E-state index contributed by atoms with van der Waals surface area (Å²) in [6.45, 7) is 1.53. The van der Waals surface area contributed by atoms with E-state index >= 15 is 0 Å². The van der Waals surface area contributed by atoms with Crippen molar-refractivity contribution in [3.63, 3.8) is 0 Å². The summed E-state index contributed by atoms with van der Waals surface area (Å²) in [5.74, 6) is -1.12. The first-order valence-electron chi connectivity index (χ1n) is 7.39. The molecule has 5 nitrogen and oxygen atoms in total. The van der Waals surface area contributed by atoms with Gasteiger partial charge >= 0.3 is 5.97 Å². The highest BCUT2D eigenvalue weighted by Crippen LogP contribution is 2.20. The van der Waals surface area contributed by atoms with Gasteiger partial charge in [-0.3, -0.25) is 4.79 Å². The Labute approximate surface area is 150 Å². The smallest absolute Gasteiger partial charge is 0.331 e. The first-order valence-corrected chi connectivity index (χ1v) is 7.77. The first kappa shape index (κ1) is 18.2. The average molecular weight is 355 g/mol. The number of carbonyl (C=O) groups is 2. The molecule has 25 heavy (non-hydrogen) atoms. The lowest BCUT2D eigenvalue weighted by atomic mass is 10.1. The van der Waals surface area contributed by atoms with Gasteiger partial charge in [-0.2, -0.15) is 5.26 Å². The quantitative estimate of drug-likeness (QED) is 0.655. The second-order valence-corrected chi connectivity index (χ2v) is 5.62. The topological polar surface area (TPSA) is 79.2 Å². The van der Waals surface area contributed by atoms with Crippen LogP contribution in [0.3, 0.4) is 0 Å². The number of esters is 1. The molecule has 2 aromatic rings. The highest BCUT2D eigenvalue weighted by atomic mass is 35.5. The van der Waals surface area contributed by atoms with Gasteiger partial charge in [-0.05, 0) is 36.8 Å². The van der Waals surface area contributed by atoms with Gasteiger partial charge in [0.25, 0.3) is 5.91 Å². The van der Waals surface area contributed by atoms with Crippen molar-refractivity contribution in [2.45, 2.75) is 6.92 Å². The van der Waals surface area contributed by atoms with Gasteiger partial charge in [0.1, 0.15) is 6.07 Å². The van der Waals surface area contributed by atoms with E-state index in [4.69, 9.17) is 21.6 Å². The second kappa shape index (κ2) is 8.67. The SMILES string of the molecule is Cc1cccc(/C=C/C(=O)OCC(=O)Nc2ccc(C#N)c(Cl)c2)c1. The molecule has 0 heterocycles. The van der Waals surface area contributed by atoms with E-state index in [0.29, 0.717) is 11.3 Å². The zero-order chi connectivity index (χ0) is 18.2. The number of nitrogens with zero attached hydrogens (tertiary/aromatic N) is 1. The molecular formula is C19H15ClN2O3. The zero-order valence-electron chi connectivity index (χ0n) is 13.5. The Hall–Kier alpha value is -3.10. The lowest BCUT2D eigenvalue weighted by Crippen LogP contribution is -2.20. The molecule has 1 amide bonds. The number of hydrogen-bond donors (Lipinski definition) is 1. The summed E-state index contributed by atoms with van der Waals surface area (Å²) < 4.78 is 4.88. The van der Waals surface area contributed by atoms with Crippen molar-refractivity contribution in [1.82, 2.24) is 0 Å². The van der Waals surface area contributed by atoms with Crippen LogP contribution in [0.1, 0.15) is 16.7 Å². The Morgan fingerprint density at radius 1 is 1.28 bits per heavy atom. The molecule has 0 spiro atoms. The number of benzene rings is 2. The Bertz CT molecular complexity index is 869. The van der Waals surface area contributed by atoms with Crippen molar-refractivity contribution in [2.75, 3.05) is 11.9 Å². The highest BCUT2D eigenvalue weighted by molar-refractivity contribution is 6.32. The molecule has 0 aromatic heterocycles. The summed E-state index contributed by atoms with van der Waals surface area (Å²) in [6.07, 6.45) is 2.88. The second-order valence-electron chi connectivity index (χ2n) is 5.21. The summed E-state index contributed by atoms with van der Waals surface area (Å²) in [5.41, 5.74) is 2.68. The number of halogens is 1. The number of nitriles is 1. The minimum Gasteiger partial charge on any atom is -0.452 e. The first-order chi connectivity index (χ1) is 12.0. The molecule has 6 heteroatoms. The van der Waals surface area contributed by atoms with Crippen molar-refractivity contribution >= 4 is 35.2 Å². The fourth-order valence-corrected chi connectivity index (χ4v) is 2.23. The third kappa shape index (κ3) is 5.79. The lowest BCUT2D eigenvalue weighted by molar-refractivity contribution is -0.142. The van der Waals surface area contributed by atoms with Crippen LogP contribution in [0.15, 0.2) is 48.5 Å². The molecule has 0 saturated carbocycles. The minimum atomic E-state index is -0.616. The summed E-state index contributed by atoms with van der Waals surface area (Å²) in [5, 5.41) is 11.6. The van der Waals surface area contributed by atoms with Crippen LogP contribution in [-0.2, 0) is 14.3 Å². The summed E-state index contributed by atoms with van der Waals surface area (Å²) in [4.78, 5) is 23.4. The Balaban J connectivity index is 1.84. The molecule has 0 radical (unpaired) electrons. The van der Waals surface area contributed by atoms with Gasteiger partial charge in [-0.25, -0.2) is 4.79 Å². The van der Waals surface area contributed by atoms with Gasteiger partial charge in [0.2, 0.25) is 0 Å². The highest BCUT2D eigenvalue weighted by Gasteiger charge is 2.07. The number of hydrogen-bond acceptors (Lipinski definition) is 4. The third-order valence-corrected chi connectivity index (χ3v) is 3.49. The van der Waals surface area contributed by atoms with Gasteiger partial charge in [0, 0.05) is 11.8 Å². The Morgan fingerprint density at radius 3 is 2.76 bits per heavy atom. The van der Waals surface area contributed by atoms with Crippen molar-refractivity contribution in [3.8, 4) is 6.07 Å². The van der Waals surface area contributed by atoms with E-state index in [9.17, 15) is 9.59 Å². The molecule has 126 valence electrons. The molecule has 0 bridgehead atoms. The molecule has 0 aliphatic carbocycles. The van der Waals surface area contributed by atoms with Gasteiger partial charge in [0.05, 0.1) is 10.6 Å². The van der Waals surface area contributed by atoms with Crippen LogP contribution < -0.4 is 5.32 Å². The largest absolute Gasteiger partial charge is 0.452 e. The molecular weight excluding hydrogens is 340 g/mol. The maximum absolute atomic E-state index is 11.8. The maximum Gasteiger partial charge on any atom is 0.331 e. The number of nitrogens with one attached hydrogen (secondary N) is 1. The van der Waals surface area contributed by atoms with E-state index in [0.717, 1.165) is 11.1 Å². The third-order valence-electron chi connectivity index (χ3n) is 3.17. The van der Waals surface area contributed by atoms with Crippen LogP contribution in [0.4, 0.5) is 5.69 Å². The molecule has 0 unspecified atom stereocenters. The number of anilines is 1. The average Bonchev–Trinajstić information content (AvgIpc) is 2.58. The molecule has 2 rings (SSSR count). The van der Waals surface area contributed by atoms with E-state index in [-0.39, 0.29) is 5.02 Å². The number of aryl methyl sites for hydroxylation is 1. The predicted molar refractivity (Wildman–Crippen MR) is 96.0 cm³/mol. The normalized spacial score (nSPS) is 10.3. The van der Waals surface area contributed by atoms with Crippen molar-refractivity contribution in [3.05, 3.63) is 70.3 Å². The molecule has 0 saturated heterocycles. The van der Waals surface area contributed by atoms with Crippen molar-refractivity contribution in [2.24, 2.45) is 0 Å². The summed E-state index contributed by atoms with van der Waals surface area (Å²) >= 11 is 5.88. The fourth-order valence-electron chi connectivity index (χ4n) is 2.00. The Kier molecular flexibility index (Phi) is 6.33. The number of rotatable bonds is 5. The van der Waals surface area contributed by atoms with Gasteiger partial charge in [-0.15, -0.1) is 0 Å². The monoisotopic (exact) mass is 354 g/mol. The van der Waals surface area contributed by atoms with Crippen LogP contribution >= 0.6 is 11.6 Å². The number of ether oxygens (including phenoxy) is 1. The van der Waals surface area contributed by atoms with Gasteiger partial charge in [-0.1, -0.05) is 41.4 Å². The van der Waals surface area contributed by atoms with Gasteiger partial charge < -0.3 is 10.1 Å². The number of carbonyl (C=O) groups excluding carboxylic acids is 2. The molecule has 1 N–H and O–H groups in total.